The second-order valence-corrected chi connectivity index (χ2v) is 9.66. The summed E-state index contributed by atoms with van der Waals surface area (Å²) in [5.74, 6) is -0.242. The molecule has 0 aromatic heterocycles. The quantitative estimate of drug-likeness (QED) is 0.506. The molecule has 1 heterocycles. The van der Waals surface area contributed by atoms with E-state index in [4.69, 9.17) is 18.8 Å². The fourth-order valence-corrected chi connectivity index (χ4v) is 2.92. The number of alkyl carbamates (subject to hydrolysis) is 1. The second-order valence-electron chi connectivity index (χ2n) is 9.66. The fraction of sp³-hybridized carbons (Fsp3) is 0.636. The first kappa shape index (κ1) is 25.2. The zero-order chi connectivity index (χ0) is 23.4. The van der Waals surface area contributed by atoms with E-state index in [1.807, 2.05) is 33.8 Å². The molecular weight excluding hydrogens is 399 g/mol. The lowest BCUT2D eigenvalue weighted by Gasteiger charge is -2.32. The Balaban J connectivity index is 2.26. The maximum atomic E-state index is 12.7. The summed E-state index contributed by atoms with van der Waals surface area (Å²) in [6.07, 6.45) is -0.528. The molecule has 1 aliphatic heterocycles. The zero-order valence-electron chi connectivity index (χ0n) is 19.9. The highest BCUT2D eigenvalue weighted by atomic mass is 16.7. The standard InChI is InChI=1S/C22H35BN2O6/c1-20(2,3)29-19(27)25-14-15-11-16(18(26)24-9-10-28-8)13-17(12-15)23-30-21(4,5)22(6,7)31-23/h11-13H,9-10,14H2,1-8H3,(H,24,26)(H,25,27). The van der Waals surface area contributed by atoms with Crippen LogP contribution in [0.2, 0.25) is 0 Å². The number of carbonyl (C=O) groups is 2. The van der Waals surface area contributed by atoms with Gasteiger partial charge in [-0.05, 0) is 71.6 Å². The first-order valence-corrected chi connectivity index (χ1v) is 10.5. The van der Waals surface area contributed by atoms with E-state index in [2.05, 4.69) is 10.6 Å². The van der Waals surface area contributed by atoms with E-state index >= 15 is 0 Å². The third kappa shape index (κ3) is 6.95. The summed E-state index contributed by atoms with van der Waals surface area (Å²) in [5, 5.41) is 5.55. The lowest BCUT2D eigenvalue weighted by Crippen LogP contribution is -2.41. The van der Waals surface area contributed by atoms with E-state index in [0.717, 1.165) is 5.56 Å². The minimum atomic E-state index is -0.628. The normalized spacial score (nSPS) is 17.4. The zero-order valence-corrected chi connectivity index (χ0v) is 19.9. The Labute approximate surface area is 185 Å². The first-order valence-electron chi connectivity index (χ1n) is 10.5. The molecule has 1 saturated heterocycles. The van der Waals surface area contributed by atoms with E-state index in [1.54, 1.807) is 40.0 Å². The van der Waals surface area contributed by atoms with Gasteiger partial charge in [0.15, 0.2) is 0 Å². The summed E-state index contributed by atoms with van der Waals surface area (Å²) in [6, 6.07) is 5.35. The van der Waals surface area contributed by atoms with Crippen LogP contribution in [0.25, 0.3) is 0 Å². The Bertz CT molecular complexity index is 788. The van der Waals surface area contributed by atoms with Gasteiger partial charge in [0.1, 0.15) is 5.60 Å². The molecule has 0 aliphatic carbocycles. The second kappa shape index (κ2) is 9.59. The van der Waals surface area contributed by atoms with Crippen LogP contribution in [0.1, 0.15) is 64.4 Å². The molecule has 0 atom stereocenters. The number of hydrogen-bond donors (Lipinski definition) is 2. The minimum Gasteiger partial charge on any atom is -0.444 e. The van der Waals surface area contributed by atoms with Crippen LogP contribution >= 0.6 is 0 Å². The van der Waals surface area contributed by atoms with Gasteiger partial charge in [0.05, 0.1) is 17.8 Å². The van der Waals surface area contributed by atoms with Crippen LogP contribution in [0.15, 0.2) is 18.2 Å². The van der Waals surface area contributed by atoms with Crippen LogP contribution < -0.4 is 16.1 Å². The average Bonchev–Trinajstić information content (AvgIpc) is 2.86. The van der Waals surface area contributed by atoms with Gasteiger partial charge >= 0.3 is 13.2 Å². The van der Waals surface area contributed by atoms with Crippen molar-refractivity contribution in [2.45, 2.75) is 71.8 Å². The monoisotopic (exact) mass is 434 g/mol. The van der Waals surface area contributed by atoms with E-state index in [9.17, 15) is 9.59 Å². The third-order valence-electron chi connectivity index (χ3n) is 5.23. The van der Waals surface area contributed by atoms with Crippen molar-refractivity contribution in [1.82, 2.24) is 10.6 Å². The Morgan fingerprint density at radius 1 is 1.03 bits per heavy atom. The van der Waals surface area contributed by atoms with Crippen molar-refractivity contribution in [2.75, 3.05) is 20.3 Å². The summed E-state index contributed by atoms with van der Waals surface area (Å²) < 4.78 is 22.6. The Kier molecular flexibility index (Phi) is 7.78. The molecule has 1 aromatic carbocycles. The average molecular weight is 434 g/mol. The van der Waals surface area contributed by atoms with Crippen LogP contribution in [0.5, 0.6) is 0 Å². The van der Waals surface area contributed by atoms with Gasteiger partial charge < -0.3 is 29.4 Å². The first-order chi connectivity index (χ1) is 14.2. The summed E-state index contributed by atoms with van der Waals surface area (Å²) in [5.41, 5.74) is 0.270. The topological polar surface area (TPSA) is 95.1 Å². The molecule has 1 fully saturated rings. The molecule has 1 aromatic rings. The smallest absolute Gasteiger partial charge is 0.444 e. The number of hydrogen-bond acceptors (Lipinski definition) is 6. The minimum absolute atomic E-state index is 0.195. The molecule has 2 rings (SSSR count). The number of methoxy groups -OCH3 is 1. The molecule has 0 bridgehead atoms. The van der Waals surface area contributed by atoms with Gasteiger partial charge in [-0.2, -0.15) is 0 Å². The predicted molar refractivity (Wildman–Crippen MR) is 119 cm³/mol. The van der Waals surface area contributed by atoms with Crippen molar-refractivity contribution >= 4 is 24.6 Å². The molecule has 0 radical (unpaired) electrons. The Morgan fingerprint density at radius 2 is 1.65 bits per heavy atom. The van der Waals surface area contributed by atoms with E-state index in [-0.39, 0.29) is 12.5 Å². The number of carbonyl (C=O) groups excluding carboxylic acids is 2. The Hall–Kier alpha value is -2.10. The largest absolute Gasteiger partial charge is 0.494 e. The number of rotatable bonds is 7. The molecule has 8 nitrogen and oxygen atoms in total. The van der Waals surface area contributed by atoms with Crippen LogP contribution in [0.3, 0.4) is 0 Å². The molecule has 0 unspecified atom stereocenters. The summed E-state index contributed by atoms with van der Waals surface area (Å²) in [6.45, 7) is 14.3. The van der Waals surface area contributed by atoms with E-state index in [0.29, 0.717) is 24.2 Å². The SMILES string of the molecule is COCCNC(=O)c1cc(CNC(=O)OC(C)(C)C)cc(B2OC(C)(C)C(C)(C)O2)c1. The van der Waals surface area contributed by atoms with Crippen LogP contribution in [0, 0.1) is 0 Å². The molecule has 1 aliphatic rings. The molecule has 0 saturated carbocycles. The van der Waals surface area contributed by atoms with Crippen molar-refractivity contribution in [3.05, 3.63) is 29.3 Å². The summed E-state index contributed by atoms with van der Waals surface area (Å²) in [7, 11) is 0.947. The molecule has 31 heavy (non-hydrogen) atoms. The highest BCUT2D eigenvalue weighted by molar-refractivity contribution is 6.62. The number of amides is 2. The summed E-state index contributed by atoms with van der Waals surface area (Å²) in [4.78, 5) is 24.7. The fourth-order valence-electron chi connectivity index (χ4n) is 2.92. The van der Waals surface area contributed by atoms with E-state index < -0.39 is 30.0 Å². The van der Waals surface area contributed by atoms with Gasteiger partial charge in [0.25, 0.3) is 5.91 Å². The van der Waals surface area contributed by atoms with Crippen LogP contribution in [0.4, 0.5) is 4.79 Å². The van der Waals surface area contributed by atoms with Gasteiger partial charge in [-0.15, -0.1) is 0 Å². The van der Waals surface area contributed by atoms with Crippen molar-refractivity contribution in [3.8, 4) is 0 Å². The van der Waals surface area contributed by atoms with Crippen molar-refractivity contribution < 1.29 is 28.4 Å². The highest BCUT2D eigenvalue weighted by Crippen LogP contribution is 2.36. The number of ether oxygens (including phenoxy) is 2. The predicted octanol–water partition coefficient (Wildman–Crippen LogP) is 2.39. The number of nitrogens with one attached hydrogen (secondary N) is 2. The molecular formula is C22H35BN2O6. The van der Waals surface area contributed by atoms with Gasteiger partial charge in [0, 0.05) is 25.8 Å². The maximum absolute atomic E-state index is 12.7. The lowest BCUT2D eigenvalue weighted by atomic mass is 9.77. The highest BCUT2D eigenvalue weighted by Gasteiger charge is 2.51. The van der Waals surface area contributed by atoms with Gasteiger partial charge in [-0.25, -0.2) is 4.79 Å². The maximum Gasteiger partial charge on any atom is 0.494 e. The van der Waals surface area contributed by atoms with Gasteiger partial charge in [0.2, 0.25) is 0 Å². The van der Waals surface area contributed by atoms with Crippen molar-refractivity contribution in [2.24, 2.45) is 0 Å². The molecule has 172 valence electrons. The van der Waals surface area contributed by atoms with Crippen LogP contribution in [-0.2, 0) is 25.3 Å². The molecule has 0 spiro atoms. The van der Waals surface area contributed by atoms with Crippen LogP contribution in [-0.4, -0.2) is 56.2 Å². The van der Waals surface area contributed by atoms with E-state index in [1.165, 1.54) is 0 Å². The Morgan fingerprint density at radius 3 is 2.19 bits per heavy atom. The molecule has 9 heteroatoms. The van der Waals surface area contributed by atoms with Crippen molar-refractivity contribution in [1.29, 1.82) is 0 Å². The van der Waals surface area contributed by atoms with Crippen molar-refractivity contribution in [3.63, 3.8) is 0 Å². The lowest BCUT2D eigenvalue weighted by molar-refractivity contribution is 0.00578. The van der Waals surface area contributed by atoms with Gasteiger partial charge in [-0.1, -0.05) is 6.07 Å². The third-order valence-corrected chi connectivity index (χ3v) is 5.23. The number of benzene rings is 1. The summed E-state index contributed by atoms with van der Waals surface area (Å²) >= 11 is 0. The molecule has 2 N–H and O–H groups in total. The van der Waals surface area contributed by atoms with Gasteiger partial charge in [-0.3, -0.25) is 4.79 Å². The molecule has 2 amide bonds.